The number of rotatable bonds is 6. The molecular formula is C22H16F3N3O2. The molecule has 0 bridgehead atoms. The van der Waals surface area contributed by atoms with E-state index in [1.54, 1.807) is 36.4 Å². The van der Waals surface area contributed by atoms with Gasteiger partial charge >= 0.3 is 0 Å². The minimum absolute atomic E-state index is 0.251. The molecule has 0 unspecified atom stereocenters. The fourth-order valence-corrected chi connectivity index (χ4v) is 2.89. The van der Waals surface area contributed by atoms with Gasteiger partial charge in [-0.25, -0.2) is 18.2 Å². The van der Waals surface area contributed by atoms with Gasteiger partial charge in [0.2, 0.25) is 0 Å². The normalized spacial score (nSPS) is 11.1. The van der Waals surface area contributed by atoms with Crippen LogP contribution in [0.1, 0.15) is 28.2 Å². The zero-order valence-electron chi connectivity index (χ0n) is 15.5. The Hall–Kier alpha value is -3.81. The van der Waals surface area contributed by atoms with E-state index < -0.39 is 18.2 Å². The van der Waals surface area contributed by atoms with Crippen molar-refractivity contribution in [2.24, 2.45) is 0 Å². The molecule has 4 aromatic rings. The number of fused-ring (bicyclic) bond motifs is 1. The summed E-state index contributed by atoms with van der Waals surface area (Å²) >= 11 is 0. The predicted octanol–water partition coefficient (Wildman–Crippen LogP) is 5.47. The van der Waals surface area contributed by atoms with Gasteiger partial charge in [-0.3, -0.25) is 4.79 Å². The first-order valence-corrected chi connectivity index (χ1v) is 9.04. The highest BCUT2D eigenvalue weighted by Crippen LogP contribution is 2.22. The molecule has 3 aromatic carbocycles. The van der Waals surface area contributed by atoms with Gasteiger partial charge in [-0.15, -0.1) is 0 Å². The monoisotopic (exact) mass is 411 g/mol. The number of carbonyl (C=O) groups excluding carboxylic acids is 1. The molecule has 1 aromatic heterocycles. The fourth-order valence-electron chi connectivity index (χ4n) is 2.89. The molecule has 1 heterocycles. The van der Waals surface area contributed by atoms with Gasteiger partial charge in [-0.05, 0) is 48.0 Å². The number of amides is 1. The maximum Gasteiger partial charge on any atom is 0.295 e. The fraction of sp³-hybridized carbons (Fsp3) is 0.0909. The number of H-pyrrole nitrogens is 1. The van der Waals surface area contributed by atoms with Crippen LogP contribution in [-0.4, -0.2) is 15.9 Å². The second kappa shape index (κ2) is 8.28. The van der Waals surface area contributed by atoms with E-state index >= 15 is 0 Å². The Balaban J connectivity index is 1.44. The van der Waals surface area contributed by atoms with E-state index in [2.05, 4.69) is 15.3 Å². The number of alkyl halides is 2. The number of aromatic nitrogens is 2. The number of halogens is 3. The molecule has 4 rings (SSSR count). The van der Waals surface area contributed by atoms with Crippen molar-refractivity contribution < 1.29 is 22.7 Å². The summed E-state index contributed by atoms with van der Waals surface area (Å²) in [6.45, 7) is 0.251. The molecule has 0 aliphatic rings. The lowest BCUT2D eigenvalue weighted by Gasteiger charge is -2.09. The van der Waals surface area contributed by atoms with Crippen LogP contribution in [0.4, 0.5) is 18.9 Å². The number of carbonyl (C=O) groups is 1. The first-order valence-electron chi connectivity index (χ1n) is 9.04. The molecule has 0 fully saturated rings. The minimum atomic E-state index is -2.72. The van der Waals surface area contributed by atoms with Crippen LogP contribution in [0.2, 0.25) is 0 Å². The number of benzene rings is 3. The van der Waals surface area contributed by atoms with Crippen LogP contribution in [0, 0.1) is 5.82 Å². The topological polar surface area (TPSA) is 67.0 Å². The number of imidazole rings is 1. The maximum atomic E-state index is 13.0. The number of anilines is 1. The zero-order valence-corrected chi connectivity index (χ0v) is 15.5. The van der Waals surface area contributed by atoms with Gasteiger partial charge in [0.05, 0.1) is 11.0 Å². The highest BCUT2D eigenvalue weighted by Gasteiger charge is 2.14. The molecular weight excluding hydrogens is 395 g/mol. The van der Waals surface area contributed by atoms with Crippen molar-refractivity contribution in [2.45, 2.75) is 13.0 Å². The predicted molar refractivity (Wildman–Crippen MR) is 106 cm³/mol. The summed E-state index contributed by atoms with van der Waals surface area (Å²) in [4.78, 5) is 18.8. The van der Waals surface area contributed by atoms with Gasteiger partial charge in [0.25, 0.3) is 12.3 Å². The van der Waals surface area contributed by atoms with E-state index in [9.17, 15) is 18.0 Å². The van der Waals surface area contributed by atoms with E-state index in [1.165, 1.54) is 30.3 Å². The quantitative estimate of drug-likeness (QED) is 0.442. The summed E-state index contributed by atoms with van der Waals surface area (Å²) in [6.07, 6.45) is -2.72. The lowest BCUT2D eigenvalue weighted by molar-refractivity contribution is 0.102. The minimum Gasteiger partial charge on any atom is -0.489 e. The van der Waals surface area contributed by atoms with E-state index in [0.29, 0.717) is 28.0 Å². The van der Waals surface area contributed by atoms with Crippen molar-refractivity contribution in [1.29, 1.82) is 0 Å². The summed E-state index contributed by atoms with van der Waals surface area (Å²) in [6, 6.07) is 17.3. The number of hydrogen-bond acceptors (Lipinski definition) is 3. The highest BCUT2D eigenvalue weighted by atomic mass is 19.3. The number of aromatic amines is 1. The van der Waals surface area contributed by atoms with Gasteiger partial charge in [-0.2, -0.15) is 0 Å². The molecule has 30 heavy (non-hydrogen) atoms. The third kappa shape index (κ3) is 4.43. The maximum absolute atomic E-state index is 13.0. The Bertz CT molecular complexity index is 1190. The Morgan fingerprint density at radius 3 is 2.63 bits per heavy atom. The molecule has 0 saturated carbocycles. The van der Waals surface area contributed by atoms with Crippen molar-refractivity contribution in [3.05, 3.63) is 89.5 Å². The van der Waals surface area contributed by atoms with Gasteiger partial charge in [0.15, 0.2) is 5.82 Å². The SMILES string of the molecule is O=C(Nc1cccc(OCc2ccc(F)cc2)c1)c1ccc2nc(C(F)F)[nH]c2c1. The molecule has 8 heteroatoms. The average molecular weight is 411 g/mol. The second-order valence-corrected chi connectivity index (χ2v) is 6.55. The summed E-state index contributed by atoms with van der Waals surface area (Å²) in [5.41, 5.74) is 2.33. The Morgan fingerprint density at radius 2 is 1.87 bits per heavy atom. The molecule has 0 aliphatic carbocycles. The van der Waals surface area contributed by atoms with Gasteiger partial charge in [0, 0.05) is 17.3 Å². The van der Waals surface area contributed by atoms with Crippen LogP contribution < -0.4 is 10.1 Å². The molecule has 0 radical (unpaired) electrons. The number of hydrogen-bond donors (Lipinski definition) is 2. The van der Waals surface area contributed by atoms with Crippen LogP contribution in [-0.2, 0) is 6.61 Å². The standard InChI is InChI=1S/C22H16F3N3O2/c23-15-7-4-13(5-8-15)12-30-17-3-1-2-16(11-17)26-22(29)14-6-9-18-19(10-14)28-21(27-18)20(24)25/h1-11,20H,12H2,(H,26,29)(H,27,28). The van der Waals surface area contributed by atoms with E-state index in [4.69, 9.17) is 4.74 Å². The first kappa shape index (κ1) is 19.5. The smallest absolute Gasteiger partial charge is 0.295 e. The summed E-state index contributed by atoms with van der Waals surface area (Å²) in [5.74, 6) is -0.626. The van der Waals surface area contributed by atoms with Crippen molar-refractivity contribution >= 4 is 22.6 Å². The lowest BCUT2D eigenvalue weighted by Crippen LogP contribution is -2.11. The molecule has 0 aliphatic heterocycles. The summed E-state index contributed by atoms with van der Waals surface area (Å²) < 4.78 is 44.2. The van der Waals surface area contributed by atoms with E-state index in [1.807, 2.05) is 0 Å². The number of nitrogens with one attached hydrogen (secondary N) is 2. The molecule has 2 N–H and O–H groups in total. The zero-order chi connectivity index (χ0) is 21.1. The Labute approximate surface area is 169 Å². The van der Waals surface area contributed by atoms with E-state index in [0.717, 1.165) is 5.56 Å². The van der Waals surface area contributed by atoms with Crippen LogP contribution in [0.25, 0.3) is 11.0 Å². The largest absolute Gasteiger partial charge is 0.489 e. The number of nitrogens with zero attached hydrogens (tertiary/aromatic N) is 1. The Morgan fingerprint density at radius 1 is 1.07 bits per heavy atom. The third-order valence-electron chi connectivity index (χ3n) is 4.38. The van der Waals surface area contributed by atoms with E-state index in [-0.39, 0.29) is 12.4 Å². The second-order valence-electron chi connectivity index (χ2n) is 6.55. The van der Waals surface area contributed by atoms with Crippen molar-refractivity contribution in [3.63, 3.8) is 0 Å². The van der Waals surface area contributed by atoms with Crippen LogP contribution in [0.5, 0.6) is 5.75 Å². The third-order valence-corrected chi connectivity index (χ3v) is 4.38. The first-order chi connectivity index (χ1) is 14.5. The van der Waals surface area contributed by atoms with Crippen LogP contribution in [0.15, 0.2) is 66.7 Å². The molecule has 5 nitrogen and oxygen atoms in total. The van der Waals surface area contributed by atoms with Crippen molar-refractivity contribution in [2.75, 3.05) is 5.32 Å². The average Bonchev–Trinajstić information content (AvgIpc) is 3.17. The van der Waals surface area contributed by atoms with Gasteiger partial charge < -0.3 is 15.0 Å². The van der Waals surface area contributed by atoms with Crippen LogP contribution in [0.3, 0.4) is 0 Å². The van der Waals surface area contributed by atoms with Gasteiger partial charge in [0.1, 0.15) is 18.2 Å². The van der Waals surface area contributed by atoms with Crippen molar-refractivity contribution in [1.82, 2.24) is 9.97 Å². The Kier molecular flexibility index (Phi) is 5.38. The molecule has 1 amide bonds. The summed E-state index contributed by atoms with van der Waals surface area (Å²) in [5, 5.41) is 2.75. The molecule has 0 atom stereocenters. The van der Waals surface area contributed by atoms with Gasteiger partial charge in [-0.1, -0.05) is 18.2 Å². The van der Waals surface area contributed by atoms with Crippen LogP contribution >= 0.6 is 0 Å². The number of ether oxygens (including phenoxy) is 1. The molecule has 152 valence electrons. The lowest BCUT2D eigenvalue weighted by atomic mass is 10.2. The van der Waals surface area contributed by atoms with Crippen molar-refractivity contribution in [3.8, 4) is 5.75 Å². The molecule has 0 spiro atoms. The molecule has 0 saturated heterocycles. The highest BCUT2D eigenvalue weighted by molar-refractivity contribution is 6.06. The summed E-state index contributed by atoms with van der Waals surface area (Å²) in [7, 11) is 0.